The van der Waals surface area contributed by atoms with Crippen molar-refractivity contribution in [3.63, 3.8) is 0 Å². The first-order valence-corrected chi connectivity index (χ1v) is 19.3. The zero-order chi connectivity index (χ0) is 40.4. The Bertz CT molecular complexity index is 1720. The molecule has 0 unspecified atom stereocenters. The maximum atomic E-state index is 14.0. The number of esters is 1. The maximum absolute atomic E-state index is 14.0. The van der Waals surface area contributed by atoms with Crippen LogP contribution in [-0.4, -0.2) is 113 Å². The standard InChI is InChI=1S/C39H56BN3O12/c1-21(44)41-24-17-26(43(18-24)34(47)48)32(45)42-19-25(20-42)50-27-12-11-22(13-14-40-54-29-16-23-15-28(38(23,8)9)39(29,10)55-40)31(51-35(49)53-37(5,6)7)30(27)33(46)52-36(2,3)4/h11-12,23-26,28-29H,13-20H2,1-10H3,(H,41,44)(H,47,48)/t23-,24+,26-,28-,29+,39-/m0/s1. The largest absolute Gasteiger partial charge is 0.514 e. The van der Waals surface area contributed by atoms with E-state index in [1.165, 1.54) is 11.8 Å². The fourth-order valence-corrected chi connectivity index (χ4v) is 9.00. The van der Waals surface area contributed by atoms with Crippen molar-refractivity contribution in [3.05, 3.63) is 23.3 Å². The number of rotatable bonds is 9. The molecule has 6 aliphatic rings. The summed E-state index contributed by atoms with van der Waals surface area (Å²) in [5.74, 6) is -0.487. The summed E-state index contributed by atoms with van der Waals surface area (Å²) >= 11 is 0. The van der Waals surface area contributed by atoms with Crippen LogP contribution in [0, 0.1) is 17.3 Å². The molecule has 302 valence electrons. The smallest absolute Gasteiger partial charge is 0.486 e. The highest BCUT2D eigenvalue weighted by atomic mass is 16.7. The Morgan fingerprint density at radius 3 is 2.24 bits per heavy atom. The first-order valence-electron chi connectivity index (χ1n) is 19.3. The normalized spacial score (nSPS) is 28.4. The van der Waals surface area contributed by atoms with Gasteiger partial charge >= 0.3 is 25.3 Å². The summed E-state index contributed by atoms with van der Waals surface area (Å²) in [6, 6.07) is 1.90. The molecule has 0 spiro atoms. The average Bonchev–Trinajstić information content (AvgIpc) is 3.59. The van der Waals surface area contributed by atoms with Gasteiger partial charge in [-0.3, -0.25) is 14.5 Å². The van der Waals surface area contributed by atoms with E-state index in [2.05, 4.69) is 26.1 Å². The summed E-state index contributed by atoms with van der Waals surface area (Å²) in [6.07, 6.45) is 0.130. The number of hydrogen-bond acceptors (Lipinski definition) is 11. The van der Waals surface area contributed by atoms with E-state index in [4.69, 9.17) is 28.3 Å². The van der Waals surface area contributed by atoms with Crippen molar-refractivity contribution < 1.29 is 57.3 Å². The van der Waals surface area contributed by atoms with Gasteiger partial charge in [-0.15, -0.1) is 0 Å². The number of ether oxygens (including phenoxy) is 4. The number of nitrogens with one attached hydrogen (secondary N) is 1. The molecule has 2 bridgehead atoms. The lowest BCUT2D eigenvalue weighted by atomic mass is 9.43. The third kappa shape index (κ3) is 8.40. The monoisotopic (exact) mass is 769 g/mol. The summed E-state index contributed by atoms with van der Waals surface area (Å²) in [5, 5.41) is 12.4. The predicted octanol–water partition coefficient (Wildman–Crippen LogP) is 5.07. The van der Waals surface area contributed by atoms with Crippen LogP contribution in [0.2, 0.25) is 6.32 Å². The van der Waals surface area contributed by atoms with Gasteiger partial charge < -0.3 is 43.6 Å². The van der Waals surface area contributed by atoms with Gasteiger partial charge in [0.25, 0.3) is 0 Å². The van der Waals surface area contributed by atoms with Crippen LogP contribution < -0.4 is 14.8 Å². The number of hydrogen-bond donors (Lipinski definition) is 2. The second kappa shape index (κ2) is 14.5. The van der Waals surface area contributed by atoms with Crippen molar-refractivity contribution in [1.29, 1.82) is 0 Å². The lowest BCUT2D eigenvalue weighted by Gasteiger charge is -2.64. The summed E-state index contributed by atoms with van der Waals surface area (Å²) in [5.41, 5.74) is -1.59. The molecule has 3 amide bonds. The van der Waals surface area contributed by atoms with E-state index in [0.717, 1.165) is 17.7 Å². The molecule has 15 nitrogen and oxygen atoms in total. The van der Waals surface area contributed by atoms with Crippen molar-refractivity contribution in [3.8, 4) is 11.5 Å². The fraction of sp³-hybridized carbons (Fsp3) is 0.718. The molecule has 1 aromatic rings. The van der Waals surface area contributed by atoms with E-state index in [9.17, 15) is 29.1 Å². The molecule has 3 saturated carbocycles. The van der Waals surface area contributed by atoms with Gasteiger partial charge in [-0.1, -0.05) is 19.9 Å². The molecule has 0 radical (unpaired) electrons. The summed E-state index contributed by atoms with van der Waals surface area (Å²) in [7, 11) is -0.496. The SMILES string of the molecule is CC(=O)N[C@@H]1C[C@@H](C(=O)N2CC(Oc3ccc(CCB4O[C@@H]5C[C@@H]6C[C@@H](C6(C)C)[C@]5(C)O4)c(OC(=O)OC(C)(C)C)c3C(=O)OC(C)(C)C)C2)N(C(=O)O)C1. The molecule has 6 atom stereocenters. The van der Waals surface area contributed by atoms with E-state index >= 15 is 0 Å². The minimum Gasteiger partial charge on any atom is -0.486 e. The van der Waals surface area contributed by atoms with Gasteiger partial charge in [0.05, 0.1) is 24.8 Å². The summed E-state index contributed by atoms with van der Waals surface area (Å²) < 4.78 is 36.6. The molecular formula is C39H56BN3O12. The quantitative estimate of drug-likeness (QED) is 0.194. The van der Waals surface area contributed by atoms with E-state index in [0.29, 0.717) is 30.1 Å². The van der Waals surface area contributed by atoms with E-state index in [1.54, 1.807) is 53.7 Å². The second-order valence-corrected chi connectivity index (χ2v) is 18.5. The lowest BCUT2D eigenvalue weighted by molar-refractivity contribution is -0.199. The fourth-order valence-electron chi connectivity index (χ4n) is 9.00. The maximum Gasteiger partial charge on any atom is 0.514 e. The Morgan fingerprint density at radius 2 is 1.64 bits per heavy atom. The number of carbonyl (C=O) groups is 5. The Labute approximate surface area is 323 Å². The predicted molar refractivity (Wildman–Crippen MR) is 199 cm³/mol. The molecule has 55 heavy (non-hydrogen) atoms. The Hall–Kier alpha value is -4.05. The number of amides is 3. The number of carboxylic acid groups (broad SMARTS) is 1. The van der Waals surface area contributed by atoms with Gasteiger partial charge in [-0.05, 0) is 109 Å². The van der Waals surface area contributed by atoms with Crippen LogP contribution in [0.1, 0.15) is 104 Å². The third-order valence-corrected chi connectivity index (χ3v) is 11.7. The van der Waals surface area contributed by atoms with Crippen molar-refractivity contribution >= 4 is 37.2 Å². The number of benzene rings is 1. The van der Waals surface area contributed by atoms with Crippen LogP contribution in [-0.2, 0) is 34.8 Å². The van der Waals surface area contributed by atoms with Gasteiger partial charge in [0.1, 0.15) is 34.7 Å². The molecular weight excluding hydrogens is 713 g/mol. The molecule has 2 N–H and O–H groups in total. The number of likely N-dealkylation sites (tertiary alicyclic amines) is 2. The van der Waals surface area contributed by atoms with E-state index in [1.807, 2.05) is 0 Å². The first kappa shape index (κ1) is 40.6. The highest BCUT2D eigenvalue weighted by Crippen LogP contribution is 2.65. The molecule has 3 aliphatic carbocycles. The van der Waals surface area contributed by atoms with Gasteiger partial charge in [-0.25, -0.2) is 14.4 Å². The topological polar surface area (TPSA) is 179 Å². The van der Waals surface area contributed by atoms with Crippen molar-refractivity contribution in [2.24, 2.45) is 17.3 Å². The number of carbonyl (C=O) groups excluding carboxylic acids is 4. The molecule has 7 rings (SSSR count). The summed E-state index contributed by atoms with van der Waals surface area (Å²) in [4.78, 5) is 66.7. The Kier molecular flexibility index (Phi) is 10.7. The molecule has 3 heterocycles. The molecule has 1 aromatic carbocycles. The number of aryl methyl sites for hydroxylation is 1. The average molecular weight is 770 g/mol. The van der Waals surface area contributed by atoms with Gasteiger partial charge in [0.2, 0.25) is 11.8 Å². The highest BCUT2D eigenvalue weighted by molar-refractivity contribution is 6.45. The van der Waals surface area contributed by atoms with Gasteiger partial charge in [0.15, 0.2) is 5.75 Å². The van der Waals surface area contributed by atoms with Crippen LogP contribution in [0.25, 0.3) is 0 Å². The van der Waals surface area contributed by atoms with Gasteiger partial charge in [-0.2, -0.15) is 0 Å². The molecule has 16 heteroatoms. The van der Waals surface area contributed by atoms with Crippen molar-refractivity contribution in [2.45, 2.75) is 142 Å². The lowest BCUT2D eigenvalue weighted by Crippen LogP contribution is -2.65. The number of nitrogens with zero attached hydrogens (tertiary/aromatic N) is 2. The zero-order valence-corrected chi connectivity index (χ0v) is 33.7. The van der Waals surface area contributed by atoms with Crippen LogP contribution in [0.5, 0.6) is 11.5 Å². The third-order valence-electron chi connectivity index (χ3n) is 11.7. The molecule has 6 fully saturated rings. The minimum atomic E-state index is -1.25. The molecule has 3 aliphatic heterocycles. The first-order chi connectivity index (χ1) is 25.4. The van der Waals surface area contributed by atoms with Crippen LogP contribution in [0.4, 0.5) is 9.59 Å². The Morgan fingerprint density at radius 1 is 0.964 bits per heavy atom. The Balaban J connectivity index is 1.23. The van der Waals surface area contributed by atoms with E-state index in [-0.39, 0.29) is 60.5 Å². The van der Waals surface area contributed by atoms with Crippen molar-refractivity contribution in [2.75, 3.05) is 19.6 Å². The highest BCUT2D eigenvalue weighted by Gasteiger charge is 2.67. The van der Waals surface area contributed by atoms with Crippen LogP contribution in [0.3, 0.4) is 0 Å². The second-order valence-electron chi connectivity index (χ2n) is 18.5. The molecule has 0 aromatic heterocycles. The van der Waals surface area contributed by atoms with Crippen molar-refractivity contribution in [1.82, 2.24) is 15.1 Å². The molecule has 3 saturated heterocycles. The van der Waals surface area contributed by atoms with Crippen LogP contribution >= 0.6 is 0 Å². The minimum absolute atomic E-state index is 0.00314. The summed E-state index contributed by atoms with van der Waals surface area (Å²) in [6.45, 7) is 18.6. The zero-order valence-electron chi connectivity index (χ0n) is 33.7. The van der Waals surface area contributed by atoms with E-state index < -0.39 is 66.2 Å². The van der Waals surface area contributed by atoms with Crippen LogP contribution in [0.15, 0.2) is 12.1 Å². The van der Waals surface area contributed by atoms with Gasteiger partial charge in [0, 0.05) is 19.5 Å².